The van der Waals surface area contributed by atoms with Crippen molar-refractivity contribution in [2.75, 3.05) is 0 Å². The second-order valence-corrected chi connectivity index (χ2v) is 22.0. The Balaban J connectivity index is 0.000000186. The molecule has 0 N–H and O–H groups in total. The number of halogens is 1. The number of hydrogen-bond donors (Lipinski definition) is 0. The molecule has 0 aliphatic heterocycles. The number of pyridine rings is 3. The van der Waals surface area contributed by atoms with Gasteiger partial charge in [0, 0.05) is 60.9 Å². The standard InChI is InChI=1S/C31H31N2O.C20H17FNOSi.Ir/c1-19(2)16-22-14-15-32-28(17-22)25-13-9-12-24-26-18-27(21(5)23-10-7-6-8-11-23)33-29(20(3)4)31(26)34-30(24)25;1-24(2,3)14-8-10-18(22-12-14)17-6-4-5-16-15-9-7-13(21)11-19(15)23-20(16)17;/h6-12,14-15,17-21H,16H2,1-5H3;4-5,7-12H,1-3H3;/q2*-1;. The molecule has 9 aromatic rings. The van der Waals surface area contributed by atoms with Crippen molar-refractivity contribution in [3.8, 4) is 22.5 Å². The summed E-state index contributed by atoms with van der Waals surface area (Å²) in [5, 5.41) is 5.37. The van der Waals surface area contributed by atoms with Crippen molar-refractivity contribution in [2.24, 2.45) is 5.92 Å². The maximum atomic E-state index is 13.5. The van der Waals surface area contributed by atoms with E-state index in [0.717, 1.165) is 73.0 Å². The molecule has 5 heterocycles. The summed E-state index contributed by atoms with van der Waals surface area (Å²) in [5.74, 6) is 0.721. The molecule has 0 saturated carbocycles. The third-order valence-electron chi connectivity index (χ3n) is 10.8. The molecule has 0 amide bonds. The Bertz CT molecular complexity index is 2900. The van der Waals surface area contributed by atoms with Crippen LogP contribution in [0.2, 0.25) is 19.6 Å². The van der Waals surface area contributed by atoms with Gasteiger partial charge in [-0.3, -0.25) is 4.98 Å². The molecular formula is C51H48FIrN3O2Si-2. The van der Waals surface area contributed by atoms with Crippen LogP contribution in [0.4, 0.5) is 4.39 Å². The third-order valence-corrected chi connectivity index (χ3v) is 12.8. The van der Waals surface area contributed by atoms with Crippen molar-refractivity contribution in [2.45, 2.75) is 72.5 Å². The van der Waals surface area contributed by atoms with Crippen LogP contribution in [0.25, 0.3) is 66.4 Å². The second-order valence-electron chi connectivity index (χ2n) is 17.0. The maximum absolute atomic E-state index is 13.5. The molecule has 9 rings (SSSR count). The van der Waals surface area contributed by atoms with Gasteiger partial charge in [0.1, 0.15) is 17.0 Å². The summed E-state index contributed by atoms with van der Waals surface area (Å²) in [6.07, 6.45) is 4.87. The van der Waals surface area contributed by atoms with E-state index in [1.807, 2.05) is 36.7 Å². The Morgan fingerprint density at radius 2 is 1.37 bits per heavy atom. The summed E-state index contributed by atoms with van der Waals surface area (Å²) in [5.41, 5.74) is 11.0. The summed E-state index contributed by atoms with van der Waals surface area (Å²) in [6.45, 7) is 17.9. The Labute approximate surface area is 360 Å². The molecule has 0 aliphatic carbocycles. The van der Waals surface area contributed by atoms with Crippen molar-refractivity contribution in [1.82, 2.24) is 15.0 Å². The number of rotatable bonds is 8. The van der Waals surface area contributed by atoms with E-state index in [0.29, 0.717) is 17.1 Å². The van der Waals surface area contributed by atoms with Gasteiger partial charge in [-0.2, -0.15) is 0 Å². The molecule has 5 nitrogen and oxygen atoms in total. The first-order valence-electron chi connectivity index (χ1n) is 20.1. The van der Waals surface area contributed by atoms with E-state index < -0.39 is 8.07 Å². The molecule has 0 fully saturated rings. The molecule has 0 saturated heterocycles. The summed E-state index contributed by atoms with van der Waals surface area (Å²) in [6, 6.07) is 40.3. The minimum Gasteiger partial charge on any atom is -0.500 e. The van der Waals surface area contributed by atoms with E-state index in [2.05, 4.69) is 137 Å². The molecule has 1 radical (unpaired) electrons. The molecule has 8 heteroatoms. The van der Waals surface area contributed by atoms with Gasteiger partial charge in [-0.05, 0) is 64.7 Å². The molecule has 301 valence electrons. The largest absolute Gasteiger partial charge is 0.500 e. The van der Waals surface area contributed by atoms with Gasteiger partial charge in [-0.1, -0.05) is 130 Å². The van der Waals surface area contributed by atoms with E-state index in [4.69, 9.17) is 13.8 Å². The first-order valence-corrected chi connectivity index (χ1v) is 23.6. The van der Waals surface area contributed by atoms with Crippen molar-refractivity contribution in [1.29, 1.82) is 0 Å². The zero-order valence-electron chi connectivity index (χ0n) is 34.8. The van der Waals surface area contributed by atoms with Crippen LogP contribution >= 0.6 is 0 Å². The summed E-state index contributed by atoms with van der Waals surface area (Å²) < 4.78 is 25.9. The molecule has 0 aliphatic rings. The van der Waals surface area contributed by atoms with Gasteiger partial charge >= 0.3 is 0 Å². The van der Waals surface area contributed by atoms with Gasteiger partial charge < -0.3 is 18.8 Å². The van der Waals surface area contributed by atoms with E-state index in [-0.39, 0.29) is 37.8 Å². The van der Waals surface area contributed by atoms with Crippen molar-refractivity contribution >= 4 is 57.1 Å². The number of fused-ring (bicyclic) bond motifs is 6. The van der Waals surface area contributed by atoms with Crippen molar-refractivity contribution < 1.29 is 33.3 Å². The predicted octanol–water partition coefficient (Wildman–Crippen LogP) is 13.4. The maximum Gasteiger partial charge on any atom is 0.142 e. The van der Waals surface area contributed by atoms with Crippen LogP contribution in [0.5, 0.6) is 0 Å². The Kier molecular flexibility index (Phi) is 12.2. The van der Waals surface area contributed by atoms with E-state index in [9.17, 15) is 4.39 Å². The molecular weight excluding hydrogens is 926 g/mol. The van der Waals surface area contributed by atoms with Crippen LogP contribution in [-0.2, 0) is 26.5 Å². The topological polar surface area (TPSA) is 65.0 Å². The number of benzene rings is 4. The van der Waals surface area contributed by atoms with Gasteiger partial charge in [0.05, 0.1) is 24.9 Å². The zero-order valence-corrected chi connectivity index (χ0v) is 38.2. The van der Waals surface area contributed by atoms with E-state index in [1.54, 1.807) is 6.07 Å². The van der Waals surface area contributed by atoms with Gasteiger partial charge in [-0.15, -0.1) is 36.4 Å². The van der Waals surface area contributed by atoms with Gasteiger partial charge in [0.2, 0.25) is 0 Å². The molecule has 4 aromatic carbocycles. The molecule has 5 aromatic heterocycles. The SMILES string of the molecule is CC(C)Cc1ccnc(-c2[c-]ccc3c2oc2c(C(C)C)nc(C(C)c4ccccc4)cc23)c1.C[Si](C)(C)c1ccc(-c2[c-]ccc3c2oc2cc(F)ccc23)nc1.[Ir]. The van der Waals surface area contributed by atoms with Crippen LogP contribution in [0.1, 0.15) is 69.0 Å². The average Bonchev–Trinajstić information content (AvgIpc) is 3.78. The smallest absolute Gasteiger partial charge is 0.142 e. The fourth-order valence-corrected chi connectivity index (χ4v) is 8.64. The molecule has 59 heavy (non-hydrogen) atoms. The quantitative estimate of drug-likeness (QED) is 0.112. The summed E-state index contributed by atoms with van der Waals surface area (Å²) in [7, 11) is -1.38. The van der Waals surface area contributed by atoms with Crippen molar-refractivity contribution in [3.05, 3.63) is 156 Å². The Hall–Kier alpha value is -5.27. The van der Waals surface area contributed by atoms with Gasteiger partial charge in [-0.25, -0.2) is 4.39 Å². The molecule has 1 unspecified atom stereocenters. The minimum absolute atomic E-state index is 0. The fraction of sp³-hybridized carbons (Fsp3) is 0.235. The first kappa shape index (κ1) is 41.9. The van der Waals surface area contributed by atoms with E-state index in [1.165, 1.54) is 28.4 Å². The van der Waals surface area contributed by atoms with Gasteiger partial charge in [0.15, 0.2) is 0 Å². The molecule has 0 spiro atoms. The normalized spacial score (nSPS) is 12.3. The van der Waals surface area contributed by atoms with Crippen LogP contribution in [-0.4, -0.2) is 23.0 Å². The minimum atomic E-state index is -1.38. The number of aromatic nitrogens is 3. The van der Waals surface area contributed by atoms with Gasteiger partial charge in [0.25, 0.3) is 0 Å². The number of furan rings is 2. The molecule has 1 atom stereocenters. The van der Waals surface area contributed by atoms with E-state index >= 15 is 0 Å². The molecule has 0 bridgehead atoms. The third kappa shape index (κ3) is 8.58. The number of hydrogen-bond acceptors (Lipinski definition) is 5. The Morgan fingerprint density at radius 3 is 2.03 bits per heavy atom. The Morgan fingerprint density at radius 1 is 0.678 bits per heavy atom. The summed E-state index contributed by atoms with van der Waals surface area (Å²) >= 11 is 0. The van der Waals surface area contributed by atoms with Crippen LogP contribution in [0.15, 0.2) is 124 Å². The average molecular weight is 974 g/mol. The zero-order chi connectivity index (χ0) is 40.7. The number of nitrogens with zero attached hydrogens (tertiary/aromatic N) is 3. The second kappa shape index (κ2) is 17.1. The monoisotopic (exact) mass is 974 g/mol. The predicted molar refractivity (Wildman–Crippen MR) is 239 cm³/mol. The van der Waals surface area contributed by atoms with Crippen molar-refractivity contribution in [3.63, 3.8) is 0 Å². The van der Waals surface area contributed by atoms with Crippen LogP contribution in [0, 0.1) is 23.9 Å². The fourth-order valence-electron chi connectivity index (χ4n) is 7.60. The van der Waals surface area contributed by atoms with Crippen LogP contribution in [0.3, 0.4) is 0 Å². The summed E-state index contributed by atoms with van der Waals surface area (Å²) in [4.78, 5) is 14.4. The van der Waals surface area contributed by atoms with Crippen LogP contribution < -0.4 is 5.19 Å². The first-order chi connectivity index (χ1) is 27.9.